The van der Waals surface area contributed by atoms with Crippen LogP contribution in [0.2, 0.25) is 0 Å². The lowest BCUT2D eigenvalue weighted by Gasteiger charge is -2.29. The summed E-state index contributed by atoms with van der Waals surface area (Å²) in [5.41, 5.74) is 1.91. The molecule has 1 fully saturated rings. The largest absolute Gasteiger partial charge is 0.467 e. The third-order valence-electron chi connectivity index (χ3n) is 3.63. The van der Waals surface area contributed by atoms with Gasteiger partial charge >= 0.3 is 11.9 Å². The van der Waals surface area contributed by atoms with Gasteiger partial charge in [-0.3, -0.25) is 0 Å². The summed E-state index contributed by atoms with van der Waals surface area (Å²) in [4.78, 5) is 25.7. The van der Waals surface area contributed by atoms with Crippen molar-refractivity contribution in [3.05, 3.63) is 29.8 Å². The zero-order valence-corrected chi connectivity index (χ0v) is 12.0. The second-order valence-corrected chi connectivity index (χ2v) is 4.90. The lowest BCUT2D eigenvalue weighted by molar-refractivity contribution is -0.142. The average molecular weight is 277 g/mol. The van der Waals surface area contributed by atoms with E-state index in [0.29, 0.717) is 12.8 Å². The highest BCUT2D eigenvalue weighted by atomic mass is 16.5. The van der Waals surface area contributed by atoms with E-state index in [1.165, 1.54) is 14.2 Å². The van der Waals surface area contributed by atoms with Gasteiger partial charge in [-0.2, -0.15) is 0 Å². The van der Waals surface area contributed by atoms with Crippen LogP contribution in [-0.2, 0) is 19.1 Å². The van der Waals surface area contributed by atoms with E-state index >= 15 is 0 Å². The van der Waals surface area contributed by atoms with Crippen LogP contribution in [0.4, 0.5) is 5.69 Å². The van der Waals surface area contributed by atoms with Gasteiger partial charge in [-0.15, -0.1) is 0 Å². The van der Waals surface area contributed by atoms with Crippen molar-refractivity contribution in [2.45, 2.75) is 31.8 Å². The number of nitrogens with zero attached hydrogens (tertiary/aromatic N) is 1. The van der Waals surface area contributed by atoms with Crippen molar-refractivity contribution in [1.82, 2.24) is 0 Å². The summed E-state index contributed by atoms with van der Waals surface area (Å²) in [6.45, 7) is 1.97. The van der Waals surface area contributed by atoms with Crippen molar-refractivity contribution in [2.75, 3.05) is 19.1 Å². The minimum atomic E-state index is -0.439. The number of esters is 2. The number of ether oxygens (including phenoxy) is 2. The van der Waals surface area contributed by atoms with Crippen molar-refractivity contribution >= 4 is 17.6 Å². The minimum Gasteiger partial charge on any atom is -0.467 e. The molecule has 5 nitrogen and oxygen atoms in total. The molecule has 2 rings (SSSR count). The van der Waals surface area contributed by atoms with Gasteiger partial charge in [0.15, 0.2) is 0 Å². The highest BCUT2D eigenvalue weighted by molar-refractivity contribution is 5.88. The van der Waals surface area contributed by atoms with Crippen LogP contribution in [0.15, 0.2) is 24.3 Å². The van der Waals surface area contributed by atoms with Crippen LogP contribution in [0.25, 0.3) is 0 Å². The fourth-order valence-electron chi connectivity index (χ4n) is 2.69. The molecule has 0 radical (unpaired) electrons. The van der Waals surface area contributed by atoms with Crippen LogP contribution >= 0.6 is 0 Å². The molecule has 108 valence electrons. The van der Waals surface area contributed by atoms with Gasteiger partial charge in [0.2, 0.25) is 0 Å². The van der Waals surface area contributed by atoms with E-state index in [2.05, 4.69) is 0 Å². The van der Waals surface area contributed by atoms with Crippen LogP contribution in [0, 0.1) is 6.92 Å². The Morgan fingerprint density at radius 2 is 1.65 bits per heavy atom. The molecule has 1 aliphatic rings. The smallest absolute Gasteiger partial charge is 0.328 e. The summed E-state index contributed by atoms with van der Waals surface area (Å²) in [6.07, 6.45) is 1.17. The number of methoxy groups -OCH3 is 2. The normalized spacial score (nSPS) is 21.6. The lowest BCUT2D eigenvalue weighted by Crippen LogP contribution is -2.45. The van der Waals surface area contributed by atoms with E-state index in [9.17, 15) is 9.59 Å². The third-order valence-corrected chi connectivity index (χ3v) is 3.63. The maximum Gasteiger partial charge on any atom is 0.328 e. The second kappa shape index (κ2) is 5.94. The summed E-state index contributed by atoms with van der Waals surface area (Å²) in [5, 5.41) is 0. The monoisotopic (exact) mass is 277 g/mol. The van der Waals surface area contributed by atoms with Crippen LogP contribution in [0.3, 0.4) is 0 Å². The number of rotatable bonds is 3. The predicted octanol–water partition coefficient (Wildman–Crippen LogP) is 1.68. The van der Waals surface area contributed by atoms with E-state index in [-0.39, 0.29) is 11.9 Å². The van der Waals surface area contributed by atoms with Gasteiger partial charge in [0, 0.05) is 5.69 Å². The number of carbonyl (C=O) groups is 2. The van der Waals surface area contributed by atoms with Crippen LogP contribution in [-0.4, -0.2) is 38.2 Å². The quantitative estimate of drug-likeness (QED) is 0.787. The Morgan fingerprint density at radius 3 is 2.10 bits per heavy atom. The molecular weight excluding hydrogens is 258 g/mol. The number of aryl methyl sites for hydroxylation is 1. The van der Waals surface area contributed by atoms with E-state index in [0.717, 1.165) is 11.3 Å². The maximum absolute atomic E-state index is 11.9. The average Bonchev–Trinajstić information content (AvgIpc) is 2.90. The van der Waals surface area contributed by atoms with Crippen LogP contribution in [0.5, 0.6) is 0 Å². The molecular formula is C15H19NO4. The Morgan fingerprint density at radius 1 is 1.10 bits per heavy atom. The summed E-state index contributed by atoms with van der Waals surface area (Å²) < 4.78 is 9.69. The highest BCUT2D eigenvalue weighted by Crippen LogP contribution is 2.32. The van der Waals surface area contributed by atoms with Gasteiger partial charge in [0.25, 0.3) is 0 Å². The first-order valence-electron chi connectivity index (χ1n) is 6.59. The summed E-state index contributed by atoms with van der Waals surface area (Å²) in [5.74, 6) is -0.643. The van der Waals surface area contributed by atoms with E-state index in [1.54, 1.807) is 0 Å². The molecule has 0 aliphatic carbocycles. The van der Waals surface area contributed by atoms with Crippen LogP contribution in [0.1, 0.15) is 18.4 Å². The molecule has 2 unspecified atom stereocenters. The van der Waals surface area contributed by atoms with Crippen molar-refractivity contribution in [1.29, 1.82) is 0 Å². The zero-order chi connectivity index (χ0) is 14.7. The second-order valence-electron chi connectivity index (χ2n) is 4.90. The van der Waals surface area contributed by atoms with Crippen molar-refractivity contribution in [3.8, 4) is 0 Å². The number of hydrogen-bond donors (Lipinski definition) is 0. The van der Waals surface area contributed by atoms with Crippen molar-refractivity contribution < 1.29 is 19.1 Å². The topological polar surface area (TPSA) is 55.8 Å². The Bertz CT molecular complexity index is 490. The van der Waals surface area contributed by atoms with Gasteiger partial charge in [0.1, 0.15) is 12.1 Å². The van der Waals surface area contributed by atoms with Gasteiger partial charge in [-0.05, 0) is 37.5 Å². The first-order valence-corrected chi connectivity index (χ1v) is 6.59. The molecule has 0 saturated carbocycles. The molecule has 0 aromatic heterocycles. The van der Waals surface area contributed by atoms with E-state index in [4.69, 9.17) is 9.47 Å². The van der Waals surface area contributed by atoms with Gasteiger partial charge in [0.05, 0.1) is 14.2 Å². The number of anilines is 1. The molecule has 0 bridgehead atoms. The summed E-state index contributed by atoms with van der Waals surface area (Å²) >= 11 is 0. The molecule has 0 amide bonds. The number of carbonyl (C=O) groups excluding carboxylic acids is 2. The van der Waals surface area contributed by atoms with E-state index < -0.39 is 12.1 Å². The first-order chi connectivity index (χ1) is 9.58. The molecule has 5 heteroatoms. The Hall–Kier alpha value is -2.04. The Balaban J connectivity index is 2.38. The number of benzene rings is 1. The predicted molar refractivity (Wildman–Crippen MR) is 74.5 cm³/mol. The van der Waals surface area contributed by atoms with Gasteiger partial charge in [-0.1, -0.05) is 12.1 Å². The molecule has 1 aliphatic heterocycles. The van der Waals surface area contributed by atoms with Crippen molar-refractivity contribution in [2.24, 2.45) is 0 Å². The molecule has 0 N–H and O–H groups in total. The van der Waals surface area contributed by atoms with Gasteiger partial charge in [-0.25, -0.2) is 9.59 Å². The molecule has 1 saturated heterocycles. The van der Waals surface area contributed by atoms with E-state index in [1.807, 2.05) is 36.1 Å². The third kappa shape index (κ3) is 2.61. The Labute approximate surface area is 118 Å². The summed E-state index contributed by atoms with van der Waals surface area (Å²) in [7, 11) is 2.73. The Kier molecular flexibility index (Phi) is 4.27. The fourth-order valence-corrected chi connectivity index (χ4v) is 2.69. The molecule has 1 heterocycles. The maximum atomic E-state index is 11.9. The fraction of sp³-hybridized carbons (Fsp3) is 0.467. The molecule has 2 atom stereocenters. The molecule has 1 aromatic carbocycles. The zero-order valence-electron chi connectivity index (χ0n) is 12.0. The molecule has 0 spiro atoms. The summed E-state index contributed by atoms with van der Waals surface area (Å²) in [6, 6.07) is 6.85. The van der Waals surface area contributed by atoms with Gasteiger partial charge < -0.3 is 14.4 Å². The van der Waals surface area contributed by atoms with Crippen molar-refractivity contribution in [3.63, 3.8) is 0 Å². The molecule has 20 heavy (non-hydrogen) atoms. The van der Waals surface area contributed by atoms with Crippen LogP contribution < -0.4 is 4.90 Å². The molecule has 1 aromatic rings. The number of hydrogen-bond acceptors (Lipinski definition) is 5. The SMILES string of the molecule is COC(=O)C1CCC(C(=O)OC)N1c1cccc(C)c1. The highest BCUT2D eigenvalue weighted by Gasteiger charge is 2.42. The first kappa shape index (κ1) is 14.4. The minimum absolute atomic E-state index is 0.321. The standard InChI is InChI=1S/C15H19NO4/c1-10-5-4-6-11(9-10)16-12(14(17)19-2)7-8-13(16)15(18)20-3/h4-6,9,12-13H,7-8H2,1-3H3. The lowest BCUT2D eigenvalue weighted by atomic mass is 10.1.